The van der Waals surface area contributed by atoms with E-state index in [0.717, 1.165) is 29.7 Å². The van der Waals surface area contributed by atoms with Gasteiger partial charge in [-0.1, -0.05) is 35.5 Å². The average molecular weight is 415 g/mol. The maximum Gasteiger partial charge on any atom is 0.251 e. The Morgan fingerprint density at radius 2 is 1.90 bits per heavy atom. The maximum absolute atomic E-state index is 12.8. The lowest BCUT2D eigenvalue weighted by atomic mass is 10.1. The van der Waals surface area contributed by atoms with Gasteiger partial charge in [0.25, 0.3) is 5.91 Å². The van der Waals surface area contributed by atoms with Crippen molar-refractivity contribution < 1.29 is 14.1 Å². The zero-order chi connectivity index (χ0) is 21.0. The summed E-state index contributed by atoms with van der Waals surface area (Å²) in [7, 11) is 0. The minimum absolute atomic E-state index is 0.186. The lowest BCUT2D eigenvalue weighted by molar-refractivity contribution is 0.0950. The molecule has 1 aliphatic heterocycles. The highest BCUT2D eigenvalue weighted by molar-refractivity contribution is 6.00. The monoisotopic (exact) mass is 415 g/mol. The zero-order valence-corrected chi connectivity index (χ0v) is 16.8. The van der Waals surface area contributed by atoms with Gasteiger partial charge in [0.1, 0.15) is 5.52 Å². The van der Waals surface area contributed by atoms with Crippen molar-refractivity contribution in [3.8, 4) is 11.3 Å². The van der Waals surface area contributed by atoms with Gasteiger partial charge in [0.2, 0.25) is 5.95 Å². The van der Waals surface area contributed by atoms with E-state index in [1.165, 1.54) is 0 Å². The van der Waals surface area contributed by atoms with Gasteiger partial charge in [-0.15, -0.1) is 0 Å². The number of amides is 1. The fraction of sp³-hybridized carbons (Fsp3) is 0.217. The van der Waals surface area contributed by atoms with E-state index in [0.29, 0.717) is 42.5 Å². The molecule has 1 saturated heterocycles. The summed E-state index contributed by atoms with van der Waals surface area (Å²) in [5.41, 5.74) is 2.91. The van der Waals surface area contributed by atoms with Crippen LogP contribution in [0.4, 0.5) is 5.95 Å². The number of hydrogen-bond donors (Lipinski definition) is 1. The predicted molar refractivity (Wildman–Crippen MR) is 116 cm³/mol. The fourth-order valence-electron chi connectivity index (χ4n) is 3.55. The summed E-state index contributed by atoms with van der Waals surface area (Å²) in [4.78, 5) is 23.8. The van der Waals surface area contributed by atoms with Crippen LogP contribution in [-0.2, 0) is 11.3 Å². The van der Waals surface area contributed by atoms with Crippen molar-refractivity contribution >= 4 is 22.8 Å². The third-order valence-corrected chi connectivity index (χ3v) is 5.20. The number of carbonyl (C=O) groups excluding carboxylic acids is 1. The number of fused-ring (bicyclic) bond motifs is 1. The molecule has 0 radical (unpaired) electrons. The van der Waals surface area contributed by atoms with Gasteiger partial charge in [0.05, 0.1) is 30.8 Å². The molecule has 1 amide bonds. The van der Waals surface area contributed by atoms with Crippen LogP contribution in [0.2, 0.25) is 0 Å². The largest absolute Gasteiger partial charge is 0.378 e. The van der Waals surface area contributed by atoms with Crippen molar-refractivity contribution in [1.82, 2.24) is 20.4 Å². The number of aromatic nitrogens is 3. The van der Waals surface area contributed by atoms with Crippen LogP contribution in [0.15, 0.2) is 65.3 Å². The molecular weight excluding hydrogens is 394 g/mol. The maximum atomic E-state index is 12.8. The molecule has 0 unspecified atom stereocenters. The lowest BCUT2D eigenvalue weighted by Crippen LogP contribution is -2.37. The van der Waals surface area contributed by atoms with Gasteiger partial charge in [-0.2, -0.15) is 0 Å². The van der Waals surface area contributed by atoms with Gasteiger partial charge < -0.3 is 19.5 Å². The molecule has 0 aliphatic carbocycles. The second-order valence-electron chi connectivity index (χ2n) is 7.24. The van der Waals surface area contributed by atoms with Gasteiger partial charge >= 0.3 is 0 Å². The Kier molecular flexibility index (Phi) is 5.28. The number of benzene rings is 2. The first-order chi connectivity index (χ1) is 15.3. The number of morpholine rings is 1. The molecule has 0 spiro atoms. The van der Waals surface area contributed by atoms with Crippen LogP contribution in [0, 0.1) is 0 Å². The van der Waals surface area contributed by atoms with Crippen LogP contribution in [0.5, 0.6) is 0 Å². The molecule has 5 rings (SSSR count). The molecule has 0 bridgehead atoms. The predicted octanol–water partition coefficient (Wildman–Crippen LogP) is 3.05. The van der Waals surface area contributed by atoms with Crippen molar-refractivity contribution in [2.45, 2.75) is 6.54 Å². The minimum atomic E-state index is -0.186. The second-order valence-corrected chi connectivity index (χ2v) is 7.24. The van der Waals surface area contributed by atoms with Crippen LogP contribution in [0.25, 0.3) is 22.2 Å². The second kappa shape index (κ2) is 8.53. The number of carbonyl (C=O) groups is 1. The number of anilines is 1. The standard InChI is InChI=1S/C23H21N5O3/c29-22(25-15-18-8-9-24-23(26-18)28-10-12-30-13-11-28)17-6-7-20-19(14-17)21(31-27-20)16-4-2-1-3-5-16/h1-9,14H,10-13,15H2,(H,25,29). The molecule has 0 saturated carbocycles. The Hall–Kier alpha value is -3.78. The smallest absolute Gasteiger partial charge is 0.251 e. The first kappa shape index (κ1) is 19.2. The Balaban J connectivity index is 1.32. The summed E-state index contributed by atoms with van der Waals surface area (Å²) < 4.78 is 10.9. The van der Waals surface area contributed by atoms with Crippen molar-refractivity contribution in [3.05, 3.63) is 72.1 Å². The Morgan fingerprint density at radius 3 is 2.74 bits per heavy atom. The summed E-state index contributed by atoms with van der Waals surface area (Å²) >= 11 is 0. The van der Waals surface area contributed by atoms with Gasteiger partial charge in [-0.05, 0) is 24.3 Å². The SMILES string of the molecule is O=C(NCc1ccnc(N2CCOCC2)n1)c1ccc2noc(-c3ccccc3)c2c1. The summed E-state index contributed by atoms with van der Waals surface area (Å²) in [5.74, 6) is 1.12. The number of rotatable bonds is 5. The molecule has 1 aliphatic rings. The van der Waals surface area contributed by atoms with Crippen LogP contribution >= 0.6 is 0 Å². The molecule has 4 aromatic rings. The summed E-state index contributed by atoms with van der Waals surface area (Å²) in [6, 6.07) is 16.9. The van der Waals surface area contributed by atoms with Gasteiger partial charge in [-0.25, -0.2) is 9.97 Å². The van der Waals surface area contributed by atoms with Crippen molar-refractivity contribution in [3.63, 3.8) is 0 Å². The van der Waals surface area contributed by atoms with E-state index in [2.05, 4.69) is 25.3 Å². The molecule has 8 nitrogen and oxygen atoms in total. The molecule has 2 aromatic heterocycles. The van der Waals surface area contributed by atoms with Gasteiger partial charge in [-0.3, -0.25) is 4.79 Å². The fourth-order valence-corrected chi connectivity index (χ4v) is 3.55. The Morgan fingerprint density at radius 1 is 1.06 bits per heavy atom. The molecule has 2 aromatic carbocycles. The lowest BCUT2D eigenvalue weighted by Gasteiger charge is -2.26. The van der Waals surface area contributed by atoms with Crippen LogP contribution in [0.1, 0.15) is 16.1 Å². The highest BCUT2D eigenvalue weighted by atomic mass is 16.5. The summed E-state index contributed by atoms with van der Waals surface area (Å²) in [5, 5.41) is 7.85. The first-order valence-electron chi connectivity index (χ1n) is 10.2. The van der Waals surface area contributed by atoms with Crippen LogP contribution in [-0.4, -0.2) is 47.3 Å². The van der Waals surface area contributed by atoms with E-state index < -0.39 is 0 Å². The van der Waals surface area contributed by atoms with E-state index in [9.17, 15) is 4.79 Å². The van der Waals surface area contributed by atoms with E-state index in [4.69, 9.17) is 9.26 Å². The van der Waals surface area contributed by atoms with Gasteiger partial charge in [0, 0.05) is 30.4 Å². The highest BCUT2D eigenvalue weighted by Gasteiger charge is 2.16. The molecule has 1 N–H and O–H groups in total. The molecular formula is C23H21N5O3. The molecule has 8 heteroatoms. The Labute approximate surface area is 178 Å². The third-order valence-electron chi connectivity index (χ3n) is 5.20. The van der Waals surface area contributed by atoms with Crippen molar-refractivity contribution in [1.29, 1.82) is 0 Å². The molecule has 3 heterocycles. The quantitative estimate of drug-likeness (QED) is 0.535. The molecule has 1 fully saturated rings. The van der Waals surface area contributed by atoms with E-state index >= 15 is 0 Å². The van der Waals surface area contributed by atoms with Crippen molar-refractivity contribution in [2.24, 2.45) is 0 Å². The van der Waals surface area contributed by atoms with Crippen LogP contribution < -0.4 is 10.2 Å². The number of ether oxygens (including phenoxy) is 1. The van der Waals surface area contributed by atoms with E-state index in [-0.39, 0.29) is 5.91 Å². The Bertz CT molecular complexity index is 1200. The number of hydrogen-bond acceptors (Lipinski definition) is 7. The minimum Gasteiger partial charge on any atom is -0.378 e. The molecule has 31 heavy (non-hydrogen) atoms. The topological polar surface area (TPSA) is 93.4 Å². The first-order valence-corrected chi connectivity index (χ1v) is 10.2. The number of nitrogens with zero attached hydrogens (tertiary/aromatic N) is 4. The average Bonchev–Trinajstić information content (AvgIpc) is 3.27. The van der Waals surface area contributed by atoms with Crippen molar-refractivity contribution in [2.75, 3.05) is 31.2 Å². The molecule has 0 atom stereocenters. The summed E-state index contributed by atoms with van der Waals surface area (Å²) in [6.07, 6.45) is 1.72. The molecule has 156 valence electrons. The van der Waals surface area contributed by atoms with E-state index in [1.807, 2.05) is 36.4 Å². The normalized spacial score (nSPS) is 14.0. The number of nitrogens with one attached hydrogen (secondary N) is 1. The zero-order valence-electron chi connectivity index (χ0n) is 16.8. The van der Waals surface area contributed by atoms with E-state index in [1.54, 1.807) is 24.4 Å². The highest BCUT2D eigenvalue weighted by Crippen LogP contribution is 2.29. The summed E-state index contributed by atoms with van der Waals surface area (Å²) in [6.45, 7) is 3.17. The van der Waals surface area contributed by atoms with Gasteiger partial charge in [0.15, 0.2) is 5.76 Å². The van der Waals surface area contributed by atoms with Crippen LogP contribution in [0.3, 0.4) is 0 Å². The third kappa shape index (κ3) is 4.10.